The molecule has 20 heavy (non-hydrogen) atoms. The largest absolute Gasteiger partial charge is 1.00 e. The second-order valence-electron chi connectivity index (χ2n) is 2.29. The Bertz CT molecular complexity index is 395. The Morgan fingerprint density at radius 2 is 1.30 bits per heavy atom. The van der Waals surface area contributed by atoms with Gasteiger partial charge in [-0.3, -0.25) is 10.1 Å². The van der Waals surface area contributed by atoms with Gasteiger partial charge >= 0.3 is 59.1 Å². The van der Waals surface area contributed by atoms with Gasteiger partial charge in [0.2, 0.25) is 0 Å². The summed E-state index contributed by atoms with van der Waals surface area (Å²) in [5.74, 6) is -0.246. The Labute approximate surface area is 157 Å². The number of nitro benzene ring substituents is 1. The van der Waals surface area contributed by atoms with Gasteiger partial charge in [0.05, 0.1) is 4.92 Å². The molecule has 0 heterocycles. The first-order chi connectivity index (χ1) is 6.38. The van der Waals surface area contributed by atoms with Gasteiger partial charge in [0, 0.05) is 12.1 Å². The second kappa shape index (κ2) is 15.8. The molecule has 0 spiro atoms. The van der Waals surface area contributed by atoms with Crippen molar-refractivity contribution >= 4 is 13.5 Å². The van der Waals surface area contributed by atoms with Crippen LogP contribution in [0.3, 0.4) is 0 Å². The van der Waals surface area contributed by atoms with Gasteiger partial charge in [-0.05, 0) is 12.1 Å². The monoisotopic (exact) mass is 335 g/mol. The van der Waals surface area contributed by atoms with E-state index in [9.17, 15) is 24.5 Å². The van der Waals surface area contributed by atoms with E-state index >= 15 is 0 Å². The molecule has 8 N–H and O–H groups in total. The smallest absolute Gasteiger partial charge is 0.780 e. The second-order valence-corrected chi connectivity index (χ2v) is 3.37. The molecule has 1 rings (SSSR count). The normalized spacial score (nSPS) is 7.70. The molecule has 14 heteroatoms. The fourth-order valence-corrected chi connectivity index (χ4v) is 1.14. The van der Waals surface area contributed by atoms with Gasteiger partial charge in [-0.1, -0.05) is 0 Å². The third kappa shape index (κ3) is 14.8. The molecule has 0 bridgehead atoms. The van der Waals surface area contributed by atoms with Crippen LogP contribution in [0.4, 0.5) is 5.69 Å². The molecule has 0 fully saturated rings. The third-order valence-corrected chi connectivity index (χ3v) is 1.70. The van der Waals surface area contributed by atoms with Crippen LogP contribution in [0.25, 0.3) is 0 Å². The summed E-state index contributed by atoms with van der Waals surface area (Å²) < 4.78 is 14.1. The summed E-state index contributed by atoms with van der Waals surface area (Å²) in [5, 5.41) is 10.2. The van der Waals surface area contributed by atoms with Crippen molar-refractivity contribution in [3.63, 3.8) is 0 Å². The molecule has 0 aliphatic heterocycles. The summed E-state index contributed by atoms with van der Waals surface area (Å²) in [6.45, 7) is 0. The van der Waals surface area contributed by atoms with Crippen molar-refractivity contribution in [3.8, 4) is 5.75 Å². The summed E-state index contributed by atoms with van der Waals surface area (Å²) >= 11 is 0. The molecule has 0 aliphatic carbocycles. The molecular formula is C6H12NNa2O10P. The van der Waals surface area contributed by atoms with E-state index in [1.54, 1.807) is 0 Å². The minimum Gasteiger partial charge on any atom is -0.780 e. The number of phosphoric acid groups is 1. The molecule has 108 valence electrons. The molecule has 0 amide bonds. The summed E-state index contributed by atoms with van der Waals surface area (Å²) in [6, 6.07) is 4.12. The van der Waals surface area contributed by atoms with Gasteiger partial charge in [0.1, 0.15) is 13.6 Å². The number of hydrogen-bond donors (Lipinski definition) is 0. The fourth-order valence-electron chi connectivity index (χ4n) is 0.758. The topological polar surface area (TPSA) is 242 Å². The Morgan fingerprint density at radius 1 is 0.950 bits per heavy atom. The van der Waals surface area contributed by atoms with Crippen LogP contribution in [0.1, 0.15) is 0 Å². The van der Waals surface area contributed by atoms with E-state index in [4.69, 9.17) is 0 Å². The molecule has 0 saturated heterocycles. The first-order valence-corrected chi connectivity index (χ1v) is 4.81. The van der Waals surface area contributed by atoms with Crippen LogP contribution in [0, 0.1) is 10.1 Å². The van der Waals surface area contributed by atoms with E-state index in [1.807, 2.05) is 0 Å². The Kier molecular flexibility index (Phi) is 29.2. The summed E-state index contributed by atoms with van der Waals surface area (Å²) in [5.41, 5.74) is -0.219. The molecule has 0 aromatic heterocycles. The standard InChI is InChI=1S/C6H6NO6P.2Na.4H2O/c8-7(9)5-1-3-6(4-2-5)13-14(10,11)12;;;;;;/h1-4H,(H2,10,11,12);;;4*1H2/q;2*+1;;;;/p-2. The van der Waals surface area contributed by atoms with Gasteiger partial charge in [0.25, 0.3) is 5.69 Å². The van der Waals surface area contributed by atoms with Crippen LogP contribution in [-0.2, 0) is 4.57 Å². The third-order valence-electron chi connectivity index (χ3n) is 1.26. The van der Waals surface area contributed by atoms with Crippen molar-refractivity contribution in [3.05, 3.63) is 34.4 Å². The van der Waals surface area contributed by atoms with Crippen molar-refractivity contribution in [2.75, 3.05) is 0 Å². The van der Waals surface area contributed by atoms with E-state index < -0.39 is 12.7 Å². The maximum absolute atomic E-state index is 10.2. The average molecular weight is 335 g/mol. The molecule has 0 saturated carbocycles. The zero-order valence-corrected chi connectivity index (χ0v) is 15.5. The van der Waals surface area contributed by atoms with E-state index in [0.717, 1.165) is 24.3 Å². The van der Waals surface area contributed by atoms with Gasteiger partial charge in [0.15, 0.2) is 0 Å². The molecular weight excluding hydrogens is 323 g/mol. The number of benzene rings is 1. The Balaban J connectivity index is -0.0000000817. The maximum atomic E-state index is 10.2. The predicted molar refractivity (Wildman–Crippen MR) is 55.8 cm³/mol. The van der Waals surface area contributed by atoms with E-state index in [1.165, 1.54) is 0 Å². The van der Waals surface area contributed by atoms with E-state index in [0.29, 0.717) is 0 Å². The van der Waals surface area contributed by atoms with Gasteiger partial charge in [-0.25, -0.2) is 0 Å². The first kappa shape index (κ1) is 37.0. The predicted octanol–water partition coefficient (Wildman–Crippen LogP) is -9.49. The molecule has 0 atom stereocenters. The fraction of sp³-hybridized carbons (Fsp3) is 0. The van der Waals surface area contributed by atoms with Crippen LogP contribution in [0.15, 0.2) is 24.3 Å². The van der Waals surface area contributed by atoms with Gasteiger partial charge in [-0.2, -0.15) is 0 Å². The zero-order chi connectivity index (χ0) is 10.8. The van der Waals surface area contributed by atoms with Crippen molar-refractivity contribution in [2.45, 2.75) is 0 Å². The van der Waals surface area contributed by atoms with Crippen molar-refractivity contribution < 1.29 is 105 Å². The number of phosphoric ester groups is 1. The van der Waals surface area contributed by atoms with E-state index in [-0.39, 0.29) is 92.5 Å². The molecule has 11 nitrogen and oxygen atoms in total. The zero-order valence-electron chi connectivity index (χ0n) is 10.7. The van der Waals surface area contributed by atoms with Crippen LogP contribution < -0.4 is 73.4 Å². The van der Waals surface area contributed by atoms with Crippen molar-refractivity contribution in [1.82, 2.24) is 0 Å². The minimum absolute atomic E-state index is 0. The Hall–Kier alpha value is 0.410. The average Bonchev–Trinajstić information content (AvgIpc) is 2.02. The van der Waals surface area contributed by atoms with E-state index in [2.05, 4.69) is 4.52 Å². The molecule has 0 radical (unpaired) electrons. The number of non-ortho nitro benzene ring substituents is 1. The number of nitro groups is 1. The Morgan fingerprint density at radius 3 is 1.55 bits per heavy atom. The SMILES string of the molecule is O.O.O.O.O=[N+]([O-])c1ccc(OP(=O)([O-])[O-])cc1.[Na+].[Na+]. The molecule has 1 aromatic rings. The quantitative estimate of drug-likeness (QED) is 0.224. The molecule has 1 aromatic carbocycles. The van der Waals surface area contributed by atoms with Crippen molar-refractivity contribution in [2.24, 2.45) is 0 Å². The van der Waals surface area contributed by atoms with Crippen LogP contribution in [0.2, 0.25) is 0 Å². The summed E-state index contributed by atoms with van der Waals surface area (Å²) in [4.78, 5) is 29.8. The minimum atomic E-state index is -5.10. The first-order valence-electron chi connectivity index (χ1n) is 3.34. The van der Waals surface area contributed by atoms with Gasteiger partial charge < -0.3 is 40.8 Å². The molecule has 0 aliphatic rings. The summed E-state index contributed by atoms with van der Waals surface area (Å²) in [6.07, 6.45) is 0. The number of rotatable bonds is 3. The molecule has 0 unspecified atom stereocenters. The number of nitrogens with zero attached hydrogens (tertiary/aromatic N) is 1. The van der Waals surface area contributed by atoms with Crippen molar-refractivity contribution in [1.29, 1.82) is 0 Å². The maximum Gasteiger partial charge on any atom is 1.00 e. The number of hydrogen-bond acceptors (Lipinski definition) is 6. The van der Waals surface area contributed by atoms with Crippen LogP contribution >= 0.6 is 7.82 Å². The van der Waals surface area contributed by atoms with Crippen LogP contribution in [-0.4, -0.2) is 26.8 Å². The van der Waals surface area contributed by atoms with Crippen LogP contribution in [0.5, 0.6) is 5.75 Å². The summed E-state index contributed by atoms with van der Waals surface area (Å²) in [7, 11) is -5.10. The van der Waals surface area contributed by atoms with Gasteiger partial charge in [-0.15, -0.1) is 0 Å².